The van der Waals surface area contributed by atoms with E-state index >= 15 is 0 Å². The summed E-state index contributed by atoms with van der Waals surface area (Å²) in [4.78, 5) is 19.2. The molecule has 3 aromatic rings. The summed E-state index contributed by atoms with van der Waals surface area (Å²) in [6, 6.07) is 7.80. The van der Waals surface area contributed by atoms with Gasteiger partial charge in [-0.3, -0.25) is 9.78 Å². The predicted molar refractivity (Wildman–Crippen MR) is 91.3 cm³/mol. The molecule has 1 aliphatic rings. The van der Waals surface area contributed by atoms with E-state index in [1.165, 1.54) is 12.1 Å². The molecule has 25 heavy (non-hydrogen) atoms. The van der Waals surface area contributed by atoms with Crippen molar-refractivity contribution in [3.8, 4) is 0 Å². The van der Waals surface area contributed by atoms with E-state index in [9.17, 15) is 9.18 Å². The Balaban J connectivity index is 1.73. The highest BCUT2D eigenvalue weighted by Gasteiger charge is 2.25. The van der Waals surface area contributed by atoms with Gasteiger partial charge in [-0.1, -0.05) is 0 Å². The van der Waals surface area contributed by atoms with E-state index in [-0.39, 0.29) is 11.7 Å². The van der Waals surface area contributed by atoms with Gasteiger partial charge in [0.25, 0.3) is 5.91 Å². The highest BCUT2D eigenvalue weighted by molar-refractivity contribution is 6.06. The molecule has 2 aromatic heterocycles. The summed E-state index contributed by atoms with van der Waals surface area (Å²) in [5, 5.41) is 8.60. The quantitative estimate of drug-likeness (QED) is 0.736. The number of rotatable bonds is 1. The van der Waals surface area contributed by atoms with E-state index in [2.05, 4.69) is 15.2 Å². The van der Waals surface area contributed by atoms with Crippen LogP contribution in [0.3, 0.4) is 0 Å². The Kier molecular flexibility index (Phi) is 3.56. The van der Waals surface area contributed by atoms with E-state index in [1.807, 2.05) is 0 Å². The van der Waals surface area contributed by atoms with Gasteiger partial charge in [-0.05, 0) is 36.8 Å². The number of anilines is 1. The Morgan fingerprint density at radius 2 is 2.08 bits per heavy atom. The van der Waals surface area contributed by atoms with Crippen molar-refractivity contribution in [2.45, 2.75) is 19.9 Å². The molecule has 7 heteroatoms. The van der Waals surface area contributed by atoms with Gasteiger partial charge in [0.05, 0.1) is 16.8 Å². The molecule has 0 fully saturated rings. The largest absolute Gasteiger partial charge is 0.382 e. The zero-order chi connectivity index (χ0) is 17.6. The average molecular weight is 337 g/mol. The summed E-state index contributed by atoms with van der Waals surface area (Å²) in [5.74, 6) is -0.137. The third-order valence-corrected chi connectivity index (χ3v) is 4.38. The topological polar surface area (TPSA) is 85.0 Å². The molecule has 4 rings (SSSR count). The van der Waals surface area contributed by atoms with Crippen LogP contribution in [0, 0.1) is 12.7 Å². The van der Waals surface area contributed by atoms with Gasteiger partial charge in [-0.25, -0.2) is 4.39 Å². The molecule has 6 nitrogen and oxygen atoms in total. The molecular formula is C18H16FN5O. The number of nitrogens with two attached hydrogens (primary N) is 1. The molecule has 0 unspecified atom stereocenters. The Morgan fingerprint density at radius 3 is 2.92 bits per heavy atom. The third-order valence-electron chi connectivity index (χ3n) is 4.38. The molecule has 0 spiro atoms. The lowest BCUT2D eigenvalue weighted by atomic mass is 10.0. The lowest BCUT2D eigenvalue weighted by molar-refractivity contribution is 0.0735. The Labute approximate surface area is 143 Å². The maximum atomic E-state index is 13.5. The van der Waals surface area contributed by atoms with Crippen molar-refractivity contribution in [2.24, 2.45) is 0 Å². The Bertz CT molecular complexity index is 999. The second-order valence-corrected chi connectivity index (χ2v) is 6.19. The summed E-state index contributed by atoms with van der Waals surface area (Å²) < 4.78 is 13.5. The van der Waals surface area contributed by atoms with Crippen molar-refractivity contribution in [3.63, 3.8) is 0 Å². The lowest BCUT2D eigenvalue weighted by Gasteiger charge is -2.28. The van der Waals surface area contributed by atoms with Gasteiger partial charge in [0.2, 0.25) is 0 Å². The van der Waals surface area contributed by atoms with Crippen molar-refractivity contribution in [3.05, 3.63) is 58.7 Å². The van der Waals surface area contributed by atoms with Crippen LogP contribution in [0.4, 0.5) is 10.2 Å². The molecule has 0 bridgehead atoms. The molecule has 0 saturated carbocycles. The van der Waals surface area contributed by atoms with Crippen LogP contribution in [0.2, 0.25) is 0 Å². The number of benzene rings is 1. The standard InChI is InChI=1S/C18H16FN5O/c1-10-6-14(13-3-2-12(19)8-16(13)21-10)18(25)24-5-4-15-11(9-24)7-17(20)23-22-15/h2-3,6-8H,4-5,9H2,1H3,(H2,20,23). The molecule has 1 amide bonds. The first-order valence-corrected chi connectivity index (χ1v) is 7.98. The summed E-state index contributed by atoms with van der Waals surface area (Å²) in [7, 11) is 0. The first-order valence-electron chi connectivity index (χ1n) is 7.98. The molecule has 0 aliphatic carbocycles. The van der Waals surface area contributed by atoms with Gasteiger partial charge < -0.3 is 10.6 Å². The summed E-state index contributed by atoms with van der Waals surface area (Å²) >= 11 is 0. The highest BCUT2D eigenvalue weighted by atomic mass is 19.1. The monoisotopic (exact) mass is 337 g/mol. The third kappa shape index (κ3) is 2.77. The van der Waals surface area contributed by atoms with Gasteiger partial charge >= 0.3 is 0 Å². The minimum absolute atomic E-state index is 0.108. The van der Waals surface area contributed by atoms with Crippen molar-refractivity contribution in [1.82, 2.24) is 20.1 Å². The molecular weight excluding hydrogens is 321 g/mol. The molecule has 2 N–H and O–H groups in total. The lowest BCUT2D eigenvalue weighted by Crippen LogP contribution is -2.36. The van der Waals surface area contributed by atoms with Crippen LogP contribution in [-0.2, 0) is 13.0 Å². The molecule has 0 saturated heterocycles. The van der Waals surface area contributed by atoms with Crippen LogP contribution in [0.5, 0.6) is 0 Å². The van der Waals surface area contributed by atoms with Crippen LogP contribution >= 0.6 is 0 Å². The summed E-state index contributed by atoms with van der Waals surface area (Å²) in [6.07, 6.45) is 0.630. The number of carbonyl (C=O) groups is 1. The van der Waals surface area contributed by atoms with Crippen LogP contribution in [0.15, 0.2) is 30.3 Å². The fraction of sp³-hybridized carbons (Fsp3) is 0.222. The van der Waals surface area contributed by atoms with Gasteiger partial charge in [-0.2, -0.15) is 5.10 Å². The molecule has 1 aromatic carbocycles. The van der Waals surface area contributed by atoms with E-state index in [0.29, 0.717) is 47.5 Å². The number of fused-ring (bicyclic) bond motifs is 2. The maximum absolute atomic E-state index is 13.5. The molecule has 0 atom stereocenters. The number of hydrogen-bond donors (Lipinski definition) is 1. The second-order valence-electron chi connectivity index (χ2n) is 6.19. The number of nitrogens with zero attached hydrogens (tertiary/aromatic N) is 4. The van der Waals surface area contributed by atoms with Gasteiger partial charge in [0.1, 0.15) is 11.6 Å². The van der Waals surface area contributed by atoms with E-state index in [1.54, 1.807) is 30.0 Å². The van der Waals surface area contributed by atoms with Crippen LogP contribution in [0.1, 0.15) is 27.3 Å². The van der Waals surface area contributed by atoms with Gasteiger partial charge in [0.15, 0.2) is 0 Å². The first kappa shape index (κ1) is 15.4. The molecule has 0 radical (unpaired) electrons. The van der Waals surface area contributed by atoms with E-state index in [0.717, 1.165) is 11.3 Å². The maximum Gasteiger partial charge on any atom is 0.254 e. The molecule has 126 valence electrons. The van der Waals surface area contributed by atoms with E-state index in [4.69, 9.17) is 5.73 Å². The van der Waals surface area contributed by atoms with Crippen molar-refractivity contribution in [2.75, 3.05) is 12.3 Å². The number of aromatic nitrogens is 3. The summed E-state index contributed by atoms with van der Waals surface area (Å²) in [5.41, 5.74) is 9.17. The SMILES string of the molecule is Cc1cc(C(=O)N2CCc3nnc(N)cc3C2)c2ccc(F)cc2n1. The van der Waals surface area contributed by atoms with Crippen molar-refractivity contribution in [1.29, 1.82) is 0 Å². The average Bonchev–Trinajstić information content (AvgIpc) is 2.59. The number of halogens is 1. The van der Waals surface area contributed by atoms with Crippen molar-refractivity contribution < 1.29 is 9.18 Å². The normalized spacial score (nSPS) is 13.8. The number of pyridine rings is 1. The van der Waals surface area contributed by atoms with Crippen LogP contribution in [0.25, 0.3) is 10.9 Å². The number of carbonyl (C=O) groups excluding carboxylic acids is 1. The zero-order valence-electron chi connectivity index (χ0n) is 13.7. The zero-order valence-corrected chi connectivity index (χ0v) is 13.7. The second kappa shape index (κ2) is 5.77. The van der Waals surface area contributed by atoms with Crippen molar-refractivity contribution >= 4 is 22.6 Å². The predicted octanol–water partition coefficient (Wildman–Crippen LogP) is 2.25. The number of amides is 1. The first-order chi connectivity index (χ1) is 12.0. The van der Waals surface area contributed by atoms with Gasteiger partial charge in [0, 0.05) is 36.7 Å². The Morgan fingerprint density at radius 1 is 1.24 bits per heavy atom. The molecule has 3 heterocycles. The fourth-order valence-electron chi connectivity index (χ4n) is 3.20. The molecule has 1 aliphatic heterocycles. The number of hydrogen-bond acceptors (Lipinski definition) is 5. The minimum Gasteiger partial charge on any atom is -0.382 e. The Hall–Kier alpha value is -3.09. The number of nitrogen functional groups attached to an aromatic ring is 1. The number of aryl methyl sites for hydroxylation is 1. The summed E-state index contributed by atoms with van der Waals surface area (Å²) in [6.45, 7) is 2.77. The minimum atomic E-state index is -0.370. The fourth-order valence-corrected chi connectivity index (χ4v) is 3.20. The smallest absolute Gasteiger partial charge is 0.254 e. The highest BCUT2D eigenvalue weighted by Crippen LogP contribution is 2.24. The van der Waals surface area contributed by atoms with Crippen LogP contribution < -0.4 is 5.73 Å². The van der Waals surface area contributed by atoms with Gasteiger partial charge in [-0.15, -0.1) is 5.10 Å². The van der Waals surface area contributed by atoms with Crippen LogP contribution in [-0.4, -0.2) is 32.5 Å². The van der Waals surface area contributed by atoms with E-state index < -0.39 is 0 Å².